The molecule has 1 aromatic rings. The van der Waals surface area contributed by atoms with Crippen LogP contribution < -0.4 is 5.32 Å². The predicted molar refractivity (Wildman–Crippen MR) is 67.9 cm³/mol. The molecule has 1 rings (SSSR count). The number of rotatable bonds is 8. The molecule has 0 radical (unpaired) electrons. The Morgan fingerprint density at radius 3 is 2.71 bits per heavy atom. The van der Waals surface area contributed by atoms with Crippen LogP contribution in [0.3, 0.4) is 0 Å². The molecular formula is C12H24N4O. The Labute approximate surface area is 104 Å². The topological polar surface area (TPSA) is 52.0 Å². The highest BCUT2D eigenvalue weighted by atomic mass is 16.5. The maximum Gasteiger partial charge on any atom is 0.0843 e. The zero-order chi connectivity index (χ0) is 12.7. The Balaban J connectivity index is 2.61. The Kier molecular flexibility index (Phi) is 6.15. The van der Waals surface area contributed by atoms with Crippen LogP contribution in [0.25, 0.3) is 0 Å². The van der Waals surface area contributed by atoms with Gasteiger partial charge in [-0.05, 0) is 19.4 Å². The van der Waals surface area contributed by atoms with Crippen molar-refractivity contribution >= 4 is 0 Å². The van der Waals surface area contributed by atoms with Gasteiger partial charge in [-0.3, -0.25) is 4.68 Å². The SMILES string of the molecule is CCCNC(Cc1cn(C)nn1)C(CC)OC. The van der Waals surface area contributed by atoms with Gasteiger partial charge in [0.15, 0.2) is 0 Å². The van der Waals surface area contributed by atoms with Crippen LogP contribution in [0.2, 0.25) is 0 Å². The lowest BCUT2D eigenvalue weighted by atomic mass is 10.0. The zero-order valence-corrected chi connectivity index (χ0v) is 11.3. The van der Waals surface area contributed by atoms with Gasteiger partial charge in [0.2, 0.25) is 0 Å². The van der Waals surface area contributed by atoms with E-state index in [2.05, 4.69) is 29.5 Å². The van der Waals surface area contributed by atoms with Crippen molar-refractivity contribution in [3.8, 4) is 0 Å². The van der Waals surface area contributed by atoms with Crippen molar-refractivity contribution < 1.29 is 4.74 Å². The van der Waals surface area contributed by atoms with Gasteiger partial charge in [0.25, 0.3) is 0 Å². The van der Waals surface area contributed by atoms with Gasteiger partial charge in [0.05, 0.1) is 11.8 Å². The second kappa shape index (κ2) is 7.40. The molecule has 5 nitrogen and oxygen atoms in total. The average Bonchev–Trinajstić information content (AvgIpc) is 2.73. The lowest BCUT2D eigenvalue weighted by Gasteiger charge is -2.25. The van der Waals surface area contributed by atoms with Crippen LogP contribution in [-0.4, -0.2) is 40.8 Å². The summed E-state index contributed by atoms with van der Waals surface area (Å²) in [6.07, 6.45) is 5.17. The van der Waals surface area contributed by atoms with Crippen LogP contribution in [-0.2, 0) is 18.2 Å². The second-order valence-electron chi connectivity index (χ2n) is 4.33. The fraction of sp³-hybridized carbons (Fsp3) is 0.833. The second-order valence-corrected chi connectivity index (χ2v) is 4.33. The Bertz CT molecular complexity index is 309. The molecule has 0 spiro atoms. The number of ether oxygens (including phenoxy) is 1. The molecule has 0 aliphatic heterocycles. The van der Waals surface area contributed by atoms with Crippen LogP contribution in [0.5, 0.6) is 0 Å². The molecule has 1 heterocycles. The van der Waals surface area contributed by atoms with Crippen LogP contribution in [0, 0.1) is 0 Å². The minimum absolute atomic E-state index is 0.226. The van der Waals surface area contributed by atoms with E-state index in [9.17, 15) is 0 Å². The van der Waals surface area contributed by atoms with Crippen molar-refractivity contribution in [3.63, 3.8) is 0 Å². The fourth-order valence-electron chi connectivity index (χ4n) is 1.99. The molecule has 0 amide bonds. The molecule has 0 fully saturated rings. The van der Waals surface area contributed by atoms with E-state index >= 15 is 0 Å². The van der Waals surface area contributed by atoms with E-state index in [1.165, 1.54) is 0 Å². The molecule has 98 valence electrons. The van der Waals surface area contributed by atoms with Gasteiger partial charge in [-0.25, -0.2) is 0 Å². The summed E-state index contributed by atoms with van der Waals surface area (Å²) >= 11 is 0. The molecule has 0 aliphatic carbocycles. The van der Waals surface area contributed by atoms with Crippen molar-refractivity contribution in [3.05, 3.63) is 11.9 Å². The first-order valence-electron chi connectivity index (χ1n) is 6.32. The number of aryl methyl sites for hydroxylation is 1. The van der Waals surface area contributed by atoms with E-state index in [-0.39, 0.29) is 6.10 Å². The molecular weight excluding hydrogens is 216 g/mol. The lowest BCUT2D eigenvalue weighted by molar-refractivity contribution is 0.0650. The quantitative estimate of drug-likeness (QED) is 0.740. The van der Waals surface area contributed by atoms with E-state index in [0.717, 1.165) is 31.5 Å². The monoisotopic (exact) mass is 240 g/mol. The maximum atomic E-state index is 5.52. The van der Waals surface area contributed by atoms with Crippen LogP contribution >= 0.6 is 0 Å². The molecule has 1 aromatic heterocycles. The molecule has 0 bridgehead atoms. The third kappa shape index (κ3) is 4.44. The summed E-state index contributed by atoms with van der Waals surface area (Å²) in [5.74, 6) is 0. The van der Waals surface area contributed by atoms with E-state index in [4.69, 9.17) is 4.74 Å². The first-order valence-corrected chi connectivity index (χ1v) is 6.32. The normalized spacial score (nSPS) is 14.8. The summed E-state index contributed by atoms with van der Waals surface area (Å²) in [5, 5.41) is 11.6. The Morgan fingerprint density at radius 1 is 1.47 bits per heavy atom. The number of nitrogens with one attached hydrogen (secondary N) is 1. The molecule has 2 atom stereocenters. The highest BCUT2D eigenvalue weighted by molar-refractivity contribution is 4.97. The van der Waals surface area contributed by atoms with Gasteiger partial charge in [0, 0.05) is 32.8 Å². The van der Waals surface area contributed by atoms with E-state index < -0.39 is 0 Å². The van der Waals surface area contributed by atoms with Crippen LogP contribution in [0.4, 0.5) is 0 Å². The third-order valence-electron chi connectivity index (χ3n) is 2.89. The number of hydrogen-bond acceptors (Lipinski definition) is 4. The van der Waals surface area contributed by atoms with E-state index in [1.54, 1.807) is 11.8 Å². The molecule has 0 saturated heterocycles. The van der Waals surface area contributed by atoms with E-state index in [1.807, 2.05) is 13.2 Å². The summed E-state index contributed by atoms with van der Waals surface area (Å²) in [4.78, 5) is 0. The average molecular weight is 240 g/mol. The number of nitrogens with zero attached hydrogens (tertiary/aromatic N) is 3. The van der Waals surface area contributed by atoms with Crippen molar-refractivity contribution in [2.45, 2.75) is 45.3 Å². The molecule has 1 N–H and O–H groups in total. The smallest absolute Gasteiger partial charge is 0.0843 e. The first-order chi connectivity index (χ1) is 8.21. The third-order valence-corrected chi connectivity index (χ3v) is 2.89. The summed E-state index contributed by atoms with van der Waals surface area (Å²) in [6, 6.07) is 0.307. The molecule has 2 unspecified atom stereocenters. The van der Waals surface area contributed by atoms with Gasteiger partial charge in [-0.2, -0.15) is 0 Å². The van der Waals surface area contributed by atoms with Crippen molar-refractivity contribution in [1.82, 2.24) is 20.3 Å². The number of hydrogen-bond donors (Lipinski definition) is 1. The highest BCUT2D eigenvalue weighted by Crippen LogP contribution is 2.09. The van der Waals surface area contributed by atoms with Crippen LogP contribution in [0.15, 0.2) is 6.20 Å². The predicted octanol–water partition coefficient (Wildman–Crippen LogP) is 1.15. The van der Waals surface area contributed by atoms with E-state index in [0.29, 0.717) is 6.04 Å². The van der Waals surface area contributed by atoms with Gasteiger partial charge >= 0.3 is 0 Å². The Hall–Kier alpha value is -0.940. The summed E-state index contributed by atoms with van der Waals surface area (Å²) in [6.45, 7) is 5.32. The van der Waals surface area contributed by atoms with Crippen molar-refractivity contribution in [1.29, 1.82) is 0 Å². The maximum absolute atomic E-state index is 5.52. The molecule has 0 aromatic carbocycles. The van der Waals surface area contributed by atoms with Gasteiger partial charge < -0.3 is 10.1 Å². The number of aromatic nitrogens is 3. The van der Waals surface area contributed by atoms with Crippen molar-refractivity contribution in [2.75, 3.05) is 13.7 Å². The molecule has 17 heavy (non-hydrogen) atoms. The Morgan fingerprint density at radius 2 is 2.24 bits per heavy atom. The first kappa shape index (κ1) is 14.1. The zero-order valence-electron chi connectivity index (χ0n) is 11.3. The molecule has 5 heteroatoms. The molecule has 0 saturated carbocycles. The lowest BCUT2D eigenvalue weighted by Crippen LogP contribution is -2.42. The fourth-order valence-corrected chi connectivity index (χ4v) is 1.99. The van der Waals surface area contributed by atoms with Gasteiger partial charge in [-0.1, -0.05) is 19.1 Å². The van der Waals surface area contributed by atoms with Gasteiger partial charge in [-0.15, -0.1) is 5.10 Å². The largest absolute Gasteiger partial charge is 0.380 e. The highest BCUT2D eigenvalue weighted by Gasteiger charge is 2.20. The summed E-state index contributed by atoms with van der Waals surface area (Å²) in [7, 11) is 3.66. The minimum atomic E-state index is 0.226. The van der Waals surface area contributed by atoms with Crippen LogP contribution in [0.1, 0.15) is 32.4 Å². The van der Waals surface area contributed by atoms with Crippen molar-refractivity contribution in [2.24, 2.45) is 7.05 Å². The molecule has 0 aliphatic rings. The standard InChI is InChI=1S/C12H24N4O/c1-5-7-13-11(12(6-2)17-4)8-10-9-16(3)15-14-10/h9,11-13H,5-8H2,1-4H3. The summed E-state index contributed by atoms with van der Waals surface area (Å²) < 4.78 is 7.26. The summed E-state index contributed by atoms with van der Waals surface area (Å²) in [5.41, 5.74) is 1.01. The minimum Gasteiger partial charge on any atom is -0.380 e. The van der Waals surface area contributed by atoms with Gasteiger partial charge in [0.1, 0.15) is 0 Å². The number of methoxy groups -OCH3 is 1.